The minimum atomic E-state index is 0.0758. The second-order valence-corrected chi connectivity index (χ2v) is 5.84. The zero-order valence-corrected chi connectivity index (χ0v) is 13.3. The van der Waals surface area contributed by atoms with E-state index in [0.717, 1.165) is 27.7 Å². The number of hydrogen-bond donors (Lipinski definition) is 1. The van der Waals surface area contributed by atoms with E-state index in [9.17, 15) is 0 Å². The van der Waals surface area contributed by atoms with Gasteiger partial charge < -0.3 is 9.73 Å². The standard InChI is InChI=1S/C14H15Br2NO/c1-2-7-17-13(14-12(16)6-8-18-14)10-4-3-5-11(15)9-10/h3-6,8-9,13,17H,2,7H2,1H3. The highest BCUT2D eigenvalue weighted by molar-refractivity contribution is 9.10. The lowest BCUT2D eigenvalue weighted by molar-refractivity contribution is 0.444. The lowest BCUT2D eigenvalue weighted by Crippen LogP contribution is -2.23. The third-order valence-electron chi connectivity index (χ3n) is 2.69. The van der Waals surface area contributed by atoms with Gasteiger partial charge in [0.2, 0.25) is 0 Å². The average molecular weight is 373 g/mol. The molecule has 0 aliphatic rings. The highest BCUT2D eigenvalue weighted by Crippen LogP contribution is 2.30. The van der Waals surface area contributed by atoms with Crippen molar-refractivity contribution in [2.45, 2.75) is 19.4 Å². The summed E-state index contributed by atoms with van der Waals surface area (Å²) in [6.07, 6.45) is 2.79. The van der Waals surface area contributed by atoms with Gasteiger partial charge in [-0.2, -0.15) is 0 Å². The van der Waals surface area contributed by atoms with Crippen LogP contribution in [0.3, 0.4) is 0 Å². The van der Waals surface area contributed by atoms with Crippen LogP contribution in [0.1, 0.15) is 30.7 Å². The summed E-state index contributed by atoms with van der Waals surface area (Å²) in [6.45, 7) is 3.10. The van der Waals surface area contributed by atoms with Gasteiger partial charge in [-0.15, -0.1) is 0 Å². The van der Waals surface area contributed by atoms with Gasteiger partial charge in [-0.1, -0.05) is 35.0 Å². The number of benzene rings is 1. The Bertz CT molecular complexity index is 510. The maximum Gasteiger partial charge on any atom is 0.139 e. The monoisotopic (exact) mass is 371 g/mol. The van der Waals surface area contributed by atoms with Crippen LogP contribution in [0.4, 0.5) is 0 Å². The Morgan fingerprint density at radius 2 is 2.11 bits per heavy atom. The summed E-state index contributed by atoms with van der Waals surface area (Å²) in [7, 11) is 0. The lowest BCUT2D eigenvalue weighted by atomic mass is 10.0. The van der Waals surface area contributed by atoms with Crippen molar-refractivity contribution in [3.05, 3.63) is 56.9 Å². The van der Waals surface area contributed by atoms with E-state index < -0.39 is 0 Å². The van der Waals surface area contributed by atoms with Gasteiger partial charge in [0.05, 0.1) is 16.8 Å². The van der Waals surface area contributed by atoms with E-state index in [1.54, 1.807) is 6.26 Å². The van der Waals surface area contributed by atoms with Crippen LogP contribution < -0.4 is 5.32 Å². The summed E-state index contributed by atoms with van der Waals surface area (Å²) in [5.74, 6) is 0.918. The third-order valence-corrected chi connectivity index (χ3v) is 3.84. The minimum absolute atomic E-state index is 0.0758. The van der Waals surface area contributed by atoms with Gasteiger partial charge in [-0.05, 0) is 52.7 Å². The van der Waals surface area contributed by atoms with Gasteiger partial charge in [0.25, 0.3) is 0 Å². The Morgan fingerprint density at radius 1 is 1.28 bits per heavy atom. The number of nitrogens with one attached hydrogen (secondary N) is 1. The van der Waals surface area contributed by atoms with Crippen molar-refractivity contribution in [2.75, 3.05) is 6.54 Å². The highest BCUT2D eigenvalue weighted by Gasteiger charge is 2.19. The minimum Gasteiger partial charge on any atom is -0.466 e. The van der Waals surface area contributed by atoms with Crippen LogP contribution in [-0.2, 0) is 0 Å². The third kappa shape index (κ3) is 3.25. The van der Waals surface area contributed by atoms with Gasteiger partial charge >= 0.3 is 0 Å². The van der Waals surface area contributed by atoms with Crippen molar-refractivity contribution in [3.63, 3.8) is 0 Å². The molecule has 18 heavy (non-hydrogen) atoms. The molecular formula is C14H15Br2NO. The Hall–Kier alpha value is -0.580. The SMILES string of the molecule is CCCNC(c1cccc(Br)c1)c1occc1Br. The fourth-order valence-electron chi connectivity index (χ4n) is 1.85. The van der Waals surface area contributed by atoms with Gasteiger partial charge in [0, 0.05) is 4.47 Å². The van der Waals surface area contributed by atoms with E-state index >= 15 is 0 Å². The molecule has 1 aromatic carbocycles. The molecule has 0 saturated heterocycles. The van der Waals surface area contributed by atoms with Crippen LogP contribution >= 0.6 is 31.9 Å². The van der Waals surface area contributed by atoms with Crippen LogP contribution in [0.5, 0.6) is 0 Å². The van der Waals surface area contributed by atoms with Gasteiger partial charge in [0.1, 0.15) is 5.76 Å². The molecule has 0 aliphatic carbocycles. The summed E-state index contributed by atoms with van der Waals surface area (Å²) in [5, 5.41) is 3.51. The van der Waals surface area contributed by atoms with Crippen molar-refractivity contribution in [1.82, 2.24) is 5.32 Å². The van der Waals surface area contributed by atoms with Crippen molar-refractivity contribution in [3.8, 4) is 0 Å². The molecule has 0 amide bonds. The molecule has 1 unspecified atom stereocenters. The number of hydrogen-bond acceptors (Lipinski definition) is 2. The van der Waals surface area contributed by atoms with E-state index in [1.165, 1.54) is 5.56 Å². The molecule has 0 bridgehead atoms. The Kier molecular flexibility index (Phi) is 5.03. The molecule has 96 valence electrons. The van der Waals surface area contributed by atoms with Crippen molar-refractivity contribution >= 4 is 31.9 Å². The molecule has 2 nitrogen and oxygen atoms in total. The molecule has 0 radical (unpaired) electrons. The molecular weight excluding hydrogens is 358 g/mol. The fourth-order valence-corrected chi connectivity index (χ4v) is 2.70. The van der Waals surface area contributed by atoms with E-state index in [2.05, 4.69) is 56.2 Å². The molecule has 2 aromatic rings. The molecule has 0 saturated carbocycles. The highest BCUT2D eigenvalue weighted by atomic mass is 79.9. The first-order valence-corrected chi connectivity index (χ1v) is 7.52. The fraction of sp³-hybridized carbons (Fsp3) is 0.286. The normalized spacial score (nSPS) is 12.6. The van der Waals surface area contributed by atoms with Crippen LogP contribution in [0.25, 0.3) is 0 Å². The summed E-state index contributed by atoms with van der Waals surface area (Å²) in [4.78, 5) is 0. The summed E-state index contributed by atoms with van der Waals surface area (Å²) in [6, 6.07) is 10.3. The summed E-state index contributed by atoms with van der Waals surface area (Å²) >= 11 is 7.04. The van der Waals surface area contributed by atoms with Gasteiger partial charge in [-0.25, -0.2) is 0 Å². The van der Waals surface area contributed by atoms with Gasteiger partial charge in [0.15, 0.2) is 0 Å². The second-order valence-electron chi connectivity index (χ2n) is 4.07. The molecule has 1 heterocycles. The van der Waals surface area contributed by atoms with E-state index in [1.807, 2.05) is 18.2 Å². The zero-order chi connectivity index (χ0) is 13.0. The molecule has 4 heteroatoms. The van der Waals surface area contributed by atoms with Crippen LogP contribution in [0.2, 0.25) is 0 Å². The van der Waals surface area contributed by atoms with E-state index in [0.29, 0.717) is 0 Å². The first-order chi connectivity index (χ1) is 8.72. The van der Waals surface area contributed by atoms with E-state index in [4.69, 9.17) is 4.42 Å². The Labute approximate surface area is 124 Å². The molecule has 2 rings (SSSR count). The largest absolute Gasteiger partial charge is 0.466 e. The smallest absolute Gasteiger partial charge is 0.139 e. The Morgan fingerprint density at radius 3 is 2.72 bits per heavy atom. The molecule has 1 atom stereocenters. The van der Waals surface area contributed by atoms with Crippen molar-refractivity contribution < 1.29 is 4.42 Å². The topological polar surface area (TPSA) is 25.2 Å². The quantitative estimate of drug-likeness (QED) is 0.807. The number of rotatable bonds is 5. The first-order valence-electron chi connectivity index (χ1n) is 5.94. The second kappa shape index (κ2) is 6.55. The summed E-state index contributed by atoms with van der Waals surface area (Å²) < 4.78 is 7.66. The van der Waals surface area contributed by atoms with Gasteiger partial charge in [-0.3, -0.25) is 0 Å². The predicted molar refractivity (Wildman–Crippen MR) is 80.7 cm³/mol. The molecule has 0 fully saturated rings. The van der Waals surface area contributed by atoms with Crippen molar-refractivity contribution in [1.29, 1.82) is 0 Å². The molecule has 0 spiro atoms. The van der Waals surface area contributed by atoms with Crippen LogP contribution in [0, 0.1) is 0 Å². The number of furan rings is 1. The average Bonchev–Trinajstić information content (AvgIpc) is 2.77. The predicted octanol–water partition coefficient (Wildman–Crippen LogP) is 4.89. The summed E-state index contributed by atoms with van der Waals surface area (Å²) in [5.41, 5.74) is 1.19. The molecule has 1 aromatic heterocycles. The molecule has 1 N–H and O–H groups in total. The lowest BCUT2D eigenvalue weighted by Gasteiger charge is -2.17. The van der Waals surface area contributed by atoms with E-state index in [-0.39, 0.29) is 6.04 Å². The number of halogens is 2. The zero-order valence-electron chi connectivity index (χ0n) is 10.1. The van der Waals surface area contributed by atoms with Crippen molar-refractivity contribution in [2.24, 2.45) is 0 Å². The maximum absolute atomic E-state index is 5.59. The van der Waals surface area contributed by atoms with Crippen LogP contribution in [-0.4, -0.2) is 6.54 Å². The Balaban J connectivity index is 2.33. The molecule has 0 aliphatic heterocycles. The van der Waals surface area contributed by atoms with Crippen LogP contribution in [0.15, 0.2) is 50.0 Å². The maximum atomic E-state index is 5.59. The first kappa shape index (κ1) is 13.8.